The van der Waals surface area contributed by atoms with Crippen molar-refractivity contribution in [2.75, 3.05) is 59.1 Å². The standard InChI is InChI=1S/C55H59NO5/c1-8-13-42(15-12-31-57-5)55(43-21-23-45(24-22-43)56-29-32-60-33-30-56)28-27-47-51(54(4,44-20-17-38(2)34-44)50-16-11-9-10-14-39(50)3)36-41-35-48(40-18-25-46(58-6)26-19-40)52(59-7)37-49(41)53(47)61-55/h8-9,11-16,18-19,21-28,35-38,44H,1,17,20,29-34H2,2-7H3/b15-12-,42-13+. The van der Waals surface area contributed by atoms with Crippen LogP contribution in [0.25, 0.3) is 28.0 Å². The molecule has 1 saturated heterocycles. The van der Waals surface area contributed by atoms with Gasteiger partial charge in [-0.3, -0.25) is 0 Å². The lowest BCUT2D eigenvalue weighted by Gasteiger charge is -2.43. The smallest absolute Gasteiger partial charge is 0.178 e. The van der Waals surface area contributed by atoms with Crippen LogP contribution in [0.5, 0.6) is 17.2 Å². The first-order valence-corrected chi connectivity index (χ1v) is 21.7. The molecule has 0 aromatic heterocycles. The Labute approximate surface area is 362 Å². The van der Waals surface area contributed by atoms with Gasteiger partial charge in [-0.15, -0.1) is 5.73 Å². The summed E-state index contributed by atoms with van der Waals surface area (Å²) < 4.78 is 30.8. The largest absolute Gasteiger partial charge is 0.497 e. The van der Waals surface area contributed by atoms with E-state index in [1.807, 2.05) is 30.4 Å². The van der Waals surface area contributed by atoms with Crippen LogP contribution < -0.4 is 19.1 Å². The number of rotatable bonds is 13. The quantitative estimate of drug-likeness (QED) is 0.0990. The summed E-state index contributed by atoms with van der Waals surface area (Å²) in [6.07, 6.45) is 24.8. The fraction of sp³-hybridized carbons (Fsp3) is 0.327. The van der Waals surface area contributed by atoms with Crippen LogP contribution in [-0.4, -0.2) is 54.2 Å². The Morgan fingerprint density at radius 3 is 2.46 bits per heavy atom. The molecule has 0 radical (unpaired) electrons. The first kappa shape index (κ1) is 41.9. The molecule has 61 heavy (non-hydrogen) atoms. The molecular weight excluding hydrogens is 755 g/mol. The van der Waals surface area contributed by atoms with Crippen molar-refractivity contribution in [3.63, 3.8) is 0 Å². The van der Waals surface area contributed by atoms with Crippen molar-refractivity contribution >= 4 is 22.5 Å². The Morgan fingerprint density at radius 1 is 0.984 bits per heavy atom. The number of hydrogen-bond acceptors (Lipinski definition) is 6. The third-order valence-corrected chi connectivity index (χ3v) is 13.4. The Hall–Kier alpha value is -5.78. The molecule has 4 aliphatic rings. The van der Waals surface area contributed by atoms with Gasteiger partial charge in [0.05, 0.1) is 34.0 Å². The average molecular weight is 814 g/mol. The van der Waals surface area contributed by atoms with Gasteiger partial charge in [0.2, 0.25) is 0 Å². The minimum atomic E-state index is -1.01. The van der Waals surface area contributed by atoms with E-state index in [0.29, 0.717) is 18.4 Å². The molecule has 6 nitrogen and oxygen atoms in total. The maximum absolute atomic E-state index is 7.82. The second-order valence-electron chi connectivity index (χ2n) is 17.0. The highest BCUT2D eigenvalue weighted by Crippen LogP contribution is 2.56. The van der Waals surface area contributed by atoms with Gasteiger partial charge in [-0.1, -0.05) is 93.6 Å². The molecule has 0 spiro atoms. The predicted molar refractivity (Wildman–Crippen MR) is 251 cm³/mol. The molecule has 2 aliphatic carbocycles. The van der Waals surface area contributed by atoms with Crippen molar-refractivity contribution in [1.29, 1.82) is 0 Å². The third-order valence-electron chi connectivity index (χ3n) is 13.4. The second-order valence-corrected chi connectivity index (χ2v) is 17.0. The van der Waals surface area contributed by atoms with E-state index in [1.54, 1.807) is 21.3 Å². The van der Waals surface area contributed by atoms with E-state index < -0.39 is 5.60 Å². The molecule has 314 valence electrons. The van der Waals surface area contributed by atoms with Gasteiger partial charge in [-0.2, -0.15) is 0 Å². The molecular formula is C55H59NO5. The summed E-state index contributed by atoms with van der Waals surface area (Å²) in [7, 11) is 5.15. The summed E-state index contributed by atoms with van der Waals surface area (Å²) in [6, 6.07) is 23.9. The number of ether oxygens (including phenoxy) is 5. The van der Waals surface area contributed by atoms with E-state index in [4.69, 9.17) is 23.7 Å². The van der Waals surface area contributed by atoms with E-state index in [9.17, 15) is 0 Å². The van der Waals surface area contributed by atoms with Crippen LogP contribution in [-0.2, 0) is 20.5 Å². The van der Waals surface area contributed by atoms with Crippen LogP contribution in [0.4, 0.5) is 5.69 Å². The Morgan fingerprint density at radius 2 is 1.77 bits per heavy atom. The van der Waals surface area contributed by atoms with Gasteiger partial charge in [0, 0.05) is 59.0 Å². The molecule has 4 aromatic rings. The first-order valence-electron chi connectivity index (χ1n) is 21.7. The average Bonchev–Trinajstić information content (AvgIpc) is 3.63. The van der Waals surface area contributed by atoms with E-state index in [0.717, 1.165) is 95.0 Å². The fourth-order valence-corrected chi connectivity index (χ4v) is 10.1. The molecule has 6 heteroatoms. The number of benzene rings is 4. The number of morpholine rings is 1. The lowest BCUT2D eigenvalue weighted by molar-refractivity contribution is 0.122. The van der Waals surface area contributed by atoms with Gasteiger partial charge >= 0.3 is 0 Å². The molecule has 0 amide bonds. The Balaban J connectivity index is 1.42. The molecule has 2 heterocycles. The lowest BCUT2D eigenvalue weighted by Crippen LogP contribution is -2.38. The van der Waals surface area contributed by atoms with Gasteiger partial charge in [0.1, 0.15) is 17.2 Å². The zero-order chi connectivity index (χ0) is 42.6. The molecule has 0 bridgehead atoms. The molecule has 1 saturated carbocycles. The number of hydrogen-bond donors (Lipinski definition) is 0. The molecule has 2 fully saturated rings. The van der Waals surface area contributed by atoms with E-state index >= 15 is 0 Å². The van der Waals surface area contributed by atoms with Crippen LogP contribution in [0, 0.1) is 11.8 Å². The van der Waals surface area contributed by atoms with E-state index in [1.165, 1.54) is 28.8 Å². The molecule has 4 atom stereocenters. The van der Waals surface area contributed by atoms with Crippen molar-refractivity contribution in [3.8, 4) is 28.4 Å². The van der Waals surface area contributed by atoms with Crippen LogP contribution in [0.1, 0.15) is 56.7 Å². The minimum Gasteiger partial charge on any atom is -0.497 e. The summed E-state index contributed by atoms with van der Waals surface area (Å²) >= 11 is 0. The highest BCUT2D eigenvalue weighted by atomic mass is 16.5. The Bertz CT molecular complexity index is 2490. The van der Waals surface area contributed by atoms with Gasteiger partial charge in [-0.25, -0.2) is 0 Å². The van der Waals surface area contributed by atoms with Gasteiger partial charge in [0.25, 0.3) is 0 Å². The van der Waals surface area contributed by atoms with Crippen LogP contribution >= 0.6 is 0 Å². The minimum absolute atomic E-state index is 0.355. The molecule has 0 N–H and O–H groups in total. The van der Waals surface area contributed by atoms with E-state index in [-0.39, 0.29) is 5.41 Å². The zero-order valence-electron chi connectivity index (χ0n) is 36.6. The zero-order valence-corrected chi connectivity index (χ0v) is 36.6. The highest BCUT2D eigenvalue weighted by Gasteiger charge is 2.46. The topological polar surface area (TPSA) is 49.4 Å². The number of methoxy groups -OCH3 is 3. The summed E-state index contributed by atoms with van der Waals surface area (Å²) in [6.45, 7) is 14.9. The first-order chi connectivity index (χ1) is 29.7. The summed E-state index contributed by atoms with van der Waals surface area (Å²) in [5, 5.41) is 2.06. The molecule has 2 aliphatic heterocycles. The maximum atomic E-state index is 7.82. The second kappa shape index (κ2) is 18.1. The van der Waals surface area contributed by atoms with Crippen molar-refractivity contribution in [3.05, 3.63) is 167 Å². The SMILES string of the molecule is C=C/C=C(\C=C/COC)C1(c2ccc(N3CCOCC3)cc2)C=Cc2c(C(C)(C3=C(C)C=C=CC=C3)C3CCC(C)C3)cc3cc(-c4ccc(OC)cc4)c(OC)cc3c2O1. The van der Waals surface area contributed by atoms with Gasteiger partial charge < -0.3 is 28.6 Å². The van der Waals surface area contributed by atoms with Crippen molar-refractivity contribution in [1.82, 2.24) is 0 Å². The fourth-order valence-electron chi connectivity index (χ4n) is 10.1. The number of allylic oxidation sites excluding steroid dienone is 7. The third kappa shape index (κ3) is 7.97. The van der Waals surface area contributed by atoms with Crippen molar-refractivity contribution in [2.24, 2.45) is 11.8 Å². The Kier molecular flexibility index (Phi) is 12.4. The normalized spacial score (nSPS) is 22.3. The van der Waals surface area contributed by atoms with E-state index in [2.05, 4.69) is 135 Å². The van der Waals surface area contributed by atoms with Gasteiger partial charge in [0.15, 0.2) is 5.60 Å². The number of anilines is 1. The van der Waals surface area contributed by atoms with Crippen LogP contribution in [0.3, 0.4) is 0 Å². The molecule has 4 unspecified atom stereocenters. The summed E-state index contributed by atoms with van der Waals surface area (Å²) in [5.41, 5.74) is 12.1. The molecule has 4 aromatic carbocycles. The molecule has 8 rings (SSSR count). The summed E-state index contributed by atoms with van der Waals surface area (Å²) in [5.74, 6) is 3.44. The van der Waals surface area contributed by atoms with Crippen LogP contribution in [0.15, 0.2) is 150 Å². The summed E-state index contributed by atoms with van der Waals surface area (Å²) in [4.78, 5) is 2.38. The lowest BCUT2D eigenvalue weighted by atomic mass is 9.62. The highest BCUT2D eigenvalue weighted by molar-refractivity contribution is 5.99. The number of nitrogens with zero attached hydrogens (tertiary/aromatic N) is 1. The van der Waals surface area contributed by atoms with Crippen molar-refractivity contribution in [2.45, 2.75) is 51.0 Å². The van der Waals surface area contributed by atoms with Crippen LogP contribution in [0.2, 0.25) is 0 Å². The predicted octanol–water partition coefficient (Wildman–Crippen LogP) is 12.3. The maximum Gasteiger partial charge on any atom is 0.178 e. The monoisotopic (exact) mass is 813 g/mol. The van der Waals surface area contributed by atoms with Gasteiger partial charge in [-0.05, 0) is 120 Å². The van der Waals surface area contributed by atoms with Crippen molar-refractivity contribution < 1.29 is 23.7 Å². The number of fused-ring (bicyclic) bond motifs is 3.